The number of rotatable bonds is 6. The highest BCUT2D eigenvalue weighted by molar-refractivity contribution is 7.89. The number of hydrogen-bond acceptors (Lipinski definition) is 6. The van der Waals surface area contributed by atoms with Gasteiger partial charge in [0.1, 0.15) is 4.90 Å². The first kappa shape index (κ1) is 16.2. The number of aliphatic hydroxyl groups excluding tert-OH is 1. The zero-order valence-corrected chi connectivity index (χ0v) is 12.8. The third-order valence-electron chi connectivity index (χ3n) is 3.27. The van der Waals surface area contributed by atoms with Crippen LogP contribution in [0.5, 0.6) is 0 Å². The summed E-state index contributed by atoms with van der Waals surface area (Å²) in [5.41, 5.74) is 0.555. The van der Waals surface area contributed by atoms with Crippen LogP contribution >= 0.6 is 0 Å². The van der Waals surface area contributed by atoms with Gasteiger partial charge in [0.25, 0.3) is 0 Å². The summed E-state index contributed by atoms with van der Waals surface area (Å²) in [6.07, 6.45) is 3.34. The summed E-state index contributed by atoms with van der Waals surface area (Å²) in [5.74, 6) is 0. The highest BCUT2D eigenvalue weighted by atomic mass is 32.2. The van der Waals surface area contributed by atoms with Crippen LogP contribution in [0.3, 0.4) is 0 Å². The van der Waals surface area contributed by atoms with Gasteiger partial charge in [-0.3, -0.25) is 4.98 Å². The summed E-state index contributed by atoms with van der Waals surface area (Å²) in [4.78, 5) is 4.09. The summed E-state index contributed by atoms with van der Waals surface area (Å²) in [6.45, 7) is 3.22. The van der Waals surface area contributed by atoms with E-state index in [2.05, 4.69) is 10.3 Å². The molecule has 2 N–H and O–H groups in total. The summed E-state index contributed by atoms with van der Waals surface area (Å²) >= 11 is 0. The molecule has 118 valence electrons. The van der Waals surface area contributed by atoms with Gasteiger partial charge < -0.3 is 15.2 Å². The smallest absolute Gasteiger partial charge is 0.246 e. The number of hydrogen-bond donors (Lipinski definition) is 2. The van der Waals surface area contributed by atoms with Crippen LogP contribution in [-0.4, -0.2) is 61.8 Å². The third-order valence-corrected chi connectivity index (χ3v) is 5.17. The maximum Gasteiger partial charge on any atom is 0.246 e. The molecule has 0 spiro atoms. The molecule has 1 aliphatic rings. The van der Waals surface area contributed by atoms with Crippen LogP contribution in [0.2, 0.25) is 0 Å². The molecule has 2 rings (SSSR count). The Kier molecular flexibility index (Phi) is 5.51. The van der Waals surface area contributed by atoms with Gasteiger partial charge in [-0.1, -0.05) is 6.92 Å². The Hall–Kier alpha value is -1.22. The third kappa shape index (κ3) is 3.70. The number of aromatic nitrogens is 1. The van der Waals surface area contributed by atoms with Crippen molar-refractivity contribution in [1.82, 2.24) is 9.29 Å². The molecule has 1 fully saturated rings. The molecular weight excluding hydrogens is 294 g/mol. The van der Waals surface area contributed by atoms with E-state index in [9.17, 15) is 8.42 Å². The Morgan fingerprint density at radius 1 is 1.57 bits per heavy atom. The van der Waals surface area contributed by atoms with Crippen molar-refractivity contribution in [3.05, 3.63) is 18.5 Å². The monoisotopic (exact) mass is 315 g/mol. The van der Waals surface area contributed by atoms with E-state index in [1.54, 1.807) is 12.3 Å². The number of nitrogens with one attached hydrogen (secondary N) is 1. The van der Waals surface area contributed by atoms with Gasteiger partial charge >= 0.3 is 0 Å². The second-order valence-electron chi connectivity index (χ2n) is 4.84. The predicted octanol–water partition coefficient (Wildman–Crippen LogP) is 0.285. The Balaban J connectivity index is 2.26. The first-order chi connectivity index (χ1) is 10.1. The lowest BCUT2D eigenvalue weighted by molar-refractivity contribution is -0.0304. The lowest BCUT2D eigenvalue weighted by Gasteiger charge is -2.31. The van der Waals surface area contributed by atoms with Crippen molar-refractivity contribution < 1.29 is 18.3 Å². The van der Waals surface area contributed by atoms with Crippen molar-refractivity contribution in [2.45, 2.75) is 24.3 Å². The van der Waals surface area contributed by atoms with Gasteiger partial charge in [0.15, 0.2) is 0 Å². The fourth-order valence-electron chi connectivity index (χ4n) is 2.15. The molecule has 0 amide bonds. The second-order valence-corrected chi connectivity index (χ2v) is 6.74. The minimum absolute atomic E-state index is 0.154. The normalized spacial score (nSPS) is 20.4. The number of nitrogens with zero attached hydrogens (tertiary/aromatic N) is 2. The Morgan fingerprint density at radius 2 is 2.38 bits per heavy atom. The number of anilines is 1. The minimum Gasteiger partial charge on any atom is -0.394 e. The van der Waals surface area contributed by atoms with Crippen LogP contribution in [0.4, 0.5) is 5.69 Å². The van der Waals surface area contributed by atoms with E-state index in [-0.39, 0.29) is 31.2 Å². The van der Waals surface area contributed by atoms with Crippen molar-refractivity contribution in [1.29, 1.82) is 0 Å². The topological polar surface area (TPSA) is 91.8 Å². The molecule has 8 heteroatoms. The highest BCUT2D eigenvalue weighted by Gasteiger charge is 2.32. The molecular formula is C13H21N3O4S. The SMILES string of the molecule is CCCNc1ccncc1S(=O)(=O)N1CCOC(CO)C1. The van der Waals surface area contributed by atoms with E-state index in [4.69, 9.17) is 9.84 Å². The van der Waals surface area contributed by atoms with Gasteiger partial charge in [0.2, 0.25) is 10.0 Å². The largest absolute Gasteiger partial charge is 0.394 e. The van der Waals surface area contributed by atoms with Crippen molar-refractivity contribution in [2.75, 3.05) is 38.2 Å². The first-order valence-electron chi connectivity index (χ1n) is 7.00. The van der Waals surface area contributed by atoms with Crippen molar-refractivity contribution >= 4 is 15.7 Å². The van der Waals surface area contributed by atoms with E-state index in [0.717, 1.165) is 6.42 Å². The predicted molar refractivity (Wildman–Crippen MR) is 78.6 cm³/mol. The lowest BCUT2D eigenvalue weighted by Crippen LogP contribution is -2.46. The number of sulfonamides is 1. The molecule has 0 aliphatic carbocycles. The molecule has 0 bridgehead atoms. The molecule has 7 nitrogen and oxygen atoms in total. The molecule has 1 saturated heterocycles. The Bertz CT molecular complexity index is 564. The van der Waals surface area contributed by atoms with Crippen LogP contribution in [0, 0.1) is 0 Å². The molecule has 0 radical (unpaired) electrons. The zero-order chi connectivity index (χ0) is 15.3. The van der Waals surface area contributed by atoms with Crippen LogP contribution in [0.25, 0.3) is 0 Å². The average Bonchev–Trinajstić information content (AvgIpc) is 2.53. The summed E-state index contributed by atoms with van der Waals surface area (Å²) < 4.78 is 32.1. The first-order valence-corrected chi connectivity index (χ1v) is 8.44. The number of aliphatic hydroxyl groups is 1. The van der Waals surface area contributed by atoms with Gasteiger partial charge in [-0.15, -0.1) is 0 Å². The molecule has 21 heavy (non-hydrogen) atoms. The van der Waals surface area contributed by atoms with Crippen molar-refractivity contribution in [3.63, 3.8) is 0 Å². The number of morpholine rings is 1. The van der Waals surface area contributed by atoms with Crippen LogP contribution in [-0.2, 0) is 14.8 Å². The molecule has 0 aromatic carbocycles. The molecule has 1 atom stereocenters. The van der Waals surface area contributed by atoms with Gasteiger partial charge in [0, 0.05) is 32.0 Å². The molecule has 1 unspecified atom stereocenters. The van der Waals surface area contributed by atoms with Crippen LogP contribution < -0.4 is 5.32 Å². The Morgan fingerprint density at radius 3 is 3.10 bits per heavy atom. The van der Waals surface area contributed by atoms with Gasteiger partial charge in [-0.25, -0.2) is 8.42 Å². The van der Waals surface area contributed by atoms with Crippen molar-refractivity contribution in [3.8, 4) is 0 Å². The van der Waals surface area contributed by atoms with E-state index in [1.807, 2.05) is 6.92 Å². The van der Waals surface area contributed by atoms with Gasteiger partial charge in [-0.05, 0) is 12.5 Å². The highest BCUT2D eigenvalue weighted by Crippen LogP contribution is 2.25. The van der Waals surface area contributed by atoms with E-state index in [0.29, 0.717) is 12.2 Å². The average molecular weight is 315 g/mol. The quantitative estimate of drug-likeness (QED) is 0.784. The molecule has 1 aliphatic heterocycles. The number of pyridine rings is 1. The molecule has 1 aromatic heterocycles. The van der Waals surface area contributed by atoms with E-state index in [1.165, 1.54) is 10.5 Å². The fraction of sp³-hybridized carbons (Fsp3) is 0.615. The molecule has 1 aromatic rings. The summed E-state index contributed by atoms with van der Waals surface area (Å²) in [7, 11) is -3.65. The second kappa shape index (κ2) is 7.17. The number of ether oxygens (including phenoxy) is 1. The van der Waals surface area contributed by atoms with E-state index < -0.39 is 16.1 Å². The maximum absolute atomic E-state index is 12.7. The molecule has 2 heterocycles. The van der Waals surface area contributed by atoms with Gasteiger partial charge in [-0.2, -0.15) is 4.31 Å². The standard InChI is InChI=1S/C13H21N3O4S/c1-2-4-15-12-3-5-14-8-13(12)21(18,19)16-6-7-20-11(9-16)10-17/h3,5,8,11,17H,2,4,6-7,9-10H2,1H3,(H,14,15). The van der Waals surface area contributed by atoms with Crippen molar-refractivity contribution in [2.24, 2.45) is 0 Å². The van der Waals surface area contributed by atoms with Gasteiger partial charge in [0.05, 0.1) is 25.0 Å². The minimum atomic E-state index is -3.65. The van der Waals surface area contributed by atoms with E-state index >= 15 is 0 Å². The lowest BCUT2D eigenvalue weighted by atomic mass is 10.3. The van der Waals surface area contributed by atoms with Crippen LogP contribution in [0.15, 0.2) is 23.4 Å². The maximum atomic E-state index is 12.7. The summed E-state index contributed by atoms with van der Waals surface area (Å²) in [6, 6.07) is 1.66. The molecule has 0 saturated carbocycles. The Labute approximate surface area is 125 Å². The fourth-order valence-corrected chi connectivity index (χ4v) is 3.72. The zero-order valence-electron chi connectivity index (χ0n) is 12.0. The van der Waals surface area contributed by atoms with Crippen LogP contribution in [0.1, 0.15) is 13.3 Å². The summed E-state index contributed by atoms with van der Waals surface area (Å²) in [5, 5.41) is 12.3.